The number of carbonyl (C=O) groups is 1. The quantitative estimate of drug-likeness (QED) is 0.845. The zero-order valence-electron chi connectivity index (χ0n) is 12.4. The molecule has 0 bridgehead atoms. The summed E-state index contributed by atoms with van der Waals surface area (Å²) in [7, 11) is 0. The van der Waals surface area contributed by atoms with Crippen LogP contribution in [0.4, 0.5) is 5.69 Å². The maximum Gasteiger partial charge on any atom is 0.328 e. The minimum atomic E-state index is -0.461. The summed E-state index contributed by atoms with van der Waals surface area (Å²) in [4.78, 5) is 12.0. The molecule has 1 N–H and O–H groups in total. The zero-order chi connectivity index (χ0) is 14.8. The Balaban J connectivity index is 2.83. The smallest absolute Gasteiger partial charge is 0.328 e. The number of rotatable bonds is 3. The molecular weight excluding hydrogens is 306 g/mol. The van der Waals surface area contributed by atoms with Gasteiger partial charge >= 0.3 is 5.97 Å². The molecule has 0 saturated carbocycles. The second kappa shape index (κ2) is 5.95. The number of esters is 1. The van der Waals surface area contributed by atoms with Crippen molar-refractivity contribution in [2.75, 3.05) is 5.32 Å². The van der Waals surface area contributed by atoms with Gasteiger partial charge in [0.1, 0.15) is 11.6 Å². The zero-order valence-corrected chi connectivity index (χ0v) is 14.0. The third kappa shape index (κ3) is 4.86. The van der Waals surface area contributed by atoms with E-state index in [-0.39, 0.29) is 12.0 Å². The van der Waals surface area contributed by atoms with E-state index >= 15 is 0 Å². The Morgan fingerprint density at radius 3 is 2.16 bits per heavy atom. The number of carbonyl (C=O) groups excluding carboxylic acids is 1. The molecule has 0 saturated heterocycles. The Labute approximate surface area is 123 Å². The molecule has 0 heterocycles. The van der Waals surface area contributed by atoms with Gasteiger partial charge in [-0.15, -0.1) is 0 Å². The predicted molar refractivity (Wildman–Crippen MR) is 82.5 cm³/mol. The molecule has 0 aromatic heterocycles. The van der Waals surface area contributed by atoms with Gasteiger partial charge in [0.2, 0.25) is 0 Å². The van der Waals surface area contributed by atoms with Gasteiger partial charge in [0.05, 0.1) is 0 Å². The van der Waals surface area contributed by atoms with Crippen LogP contribution in [0.1, 0.15) is 38.8 Å². The molecule has 3 nitrogen and oxygen atoms in total. The lowest BCUT2D eigenvalue weighted by atomic mass is 10.1. The van der Waals surface area contributed by atoms with E-state index in [1.807, 2.05) is 53.7 Å². The summed E-state index contributed by atoms with van der Waals surface area (Å²) >= 11 is 3.46. The van der Waals surface area contributed by atoms with E-state index in [0.717, 1.165) is 21.3 Å². The molecule has 4 heteroatoms. The Morgan fingerprint density at radius 2 is 1.74 bits per heavy atom. The second-order valence-corrected chi connectivity index (χ2v) is 6.73. The number of hydrogen-bond acceptors (Lipinski definition) is 3. The van der Waals surface area contributed by atoms with Crippen LogP contribution in [0.3, 0.4) is 0 Å². The number of anilines is 1. The predicted octanol–water partition coefficient (Wildman–Crippen LogP) is 4.21. The number of ether oxygens (including phenoxy) is 1. The molecule has 0 amide bonds. The molecule has 0 spiro atoms. The van der Waals surface area contributed by atoms with Crippen molar-refractivity contribution >= 4 is 27.6 Å². The van der Waals surface area contributed by atoms with Crippen molar-refractivity contribution in [3.8, 4) is 0 Å². The molecular formula is C15H22BrNO2. The molecule has 0 aliphatic heterocycles. The van der Waals surface area contributed by atoms with Crippen LogP contribution in [0.25, 0.3) is 0 Å². The highest BCUT2D eigenvalue weighted by Gasteiger charge is 2.22. The van der Waals surface area contributed by atoms with Crippen molar-refractivity contribution in [3.05, 3.63) is 27.7 Å². The summed E-state index contributed by atoms with van der Waals surface area (Å²) in [6, 6.07) is 3.67. The van der Waals surface area contributed by atoms with Crippen molar-refractivity contribution in [2.45, 2.75) is 53.2 Å². The Kier molecular flexibility index (Phi) is 5.02. The van der Waals surface area contributed by atoms with Crippen LogP contribution in [0.15, 0.2) is 16.6 Å². The Hall–Kier alpha value is -1.03. The average molecular weight is 328 g/mol. The van der Waals surface area contributed by atoms with Gasteiger partial charge in [-0.25, -0.2) is 4.79 Å². The van der Waals surface area contributed by atoms with Gasteiger partial charge < -0.3 is 10.1 Å². The lowest BCUT2D eigenvalue weighted by Crippen LogP contribution is -2.34. The van der Waals surface area contributed by atoms with E-state index in [1.54, 1.807) is 0 Å². The number of nitrogens with one attached hydrogen (secondary N) is 1. The number of aryl methyl sites for hydroxylation is 2. The summed E-state index contributed by atoms with van der Waals surface area (Å²) in [6.07, 6.45) is 0. The third-order valence-corrected chi connectivity index (χ3v) is 3.08. The van der Waals surface area contributed by atoms with Crippen LogP contribution in [0, 0.1) is 13.8 Å². The van der Waals surface area contributed by atoms with E-state index in [4.69, 9.17) is 4.74 Å². The van der Waals surface area contributed by atoms with E-state index in [9.17, 15) is 4.79 Å². The Morgan fingerprint density at radius 1 is 1.26 bits per heavy atom. The van der Waals surface area contributed by atoms with Gasteiger partial charge in [-0.3, -0.25) is 0 Å². The van der Waals surface area contributed by atoms with Gasteiger partial charge in [-0.2, -0.15) is 0 Å². The maximum atomic E-state index is 12.0. The highest BCUT2D eigenvalue weighted by molar-refractivity contribution is 9.10. The fourth-order valence-electron chi connectivity index (χ4n) is 1.80. The minimum absolute atomic E-state index is 0.241. The van der Waals surface area contributed by atoms with Crippen LogP contribution in [-0.4, -0.2) is 17.6 Å². The van der Waals surface area contributed by atoms with Crippen LogP contribution in [0.2, 0.25) is 0 Å². The molecule has 19 heavy (non-hydrogen) atoms. The topological polar surface area (TPSA) is 38.3 Å². The highest BCUT2D eigenvalue weighted by Crippen LogP contribution is 2.26. The molecule has 0 aliphatic rings. The summed E-state index contributed by atoms with van der Waals surface area (Å²) < 4.78 is 6.40. The summed E-state index contributed by atoms with van der Waals surface area (Å²) in [5.41, 5.74) is 2.72. The van der Waals surface area contributed by atoms with Crippen LogP contribution in [-0.2, 0) is 9.53 Å². The fourth-order valence-corrected chi connectivity index (χ4v) is 2.49. The van der Waals surface area contributed by atoms with Crippen LogP contribution >= 0.6 is 15.9 Å². The molecule has 0 radical (unpaired) electrons. The molecule has 0 fully saturated rings. The molecule has 1 unspecified atom stereocenters. The lowest BCUT2D eigenvalue weighted by molar-refractivity contribution is -0.155. The molecule has 1 rings (SSSR count). The normalized spacial score (nSPS) is 13.0. The van der Waals surface area contributed by atoms with Gasteiger partial charge in [-0.05, 0) is 64.8 Å². The lowest BCUT2D eigenvalue weighted by Gasteiger charge is -2.24. The maximum absolute atomic E-state index is 12.0. The van der Waals surface area contributed by atoms with Gasteiger partial charge in [-0.1, -0.05) is 15.9 Å². The molecule has 1 atom stereocenters. The van der Waals surface area contributed by atoms with Gasteiger partial charge in [0.15, 0.2) is 0 Å². The molecule has 1 aromatic rings. The monoisotopic (exact) mass is 327 g/mol. The largest absolute Gasteiger partial charge is 0.458 e. The summed E-state index contributed by atoms with van der Waals surface area (Å²) in [5.74, 6) is -0.241. The first kappa shape index (κ1) is 16.0. The van der Waals surface area contributed by atoms with Crippen LogP contribution < -0.4 is 5.32 Å². The molecule has 106 valence electrons. The standard InChI is InChI=1S/C15H22BrNO2/c1-9-7-12(16)8-10(2)13(9)17-11(3)14(18)19-15(4,5)6/h7-8,11,17H,1-6H3. The summed E-state index contributed by atoms with van der Waals surface area (Å²) in [5, 5.41) is 3.23. The van der Waals surface area contributed by atoms with Crippen LogP contribution in [0.5, 0.6) is 0 Å². The first-order valence-corrected chi connectivity index (χ1v) is 7.15. The van der Waals surface area contributed by atoms with Crippen molar-refractivity contribution in [3.63, 3.8) is 0 Å². The minimum Gasteiger partial charge on any atom is -0.458 e. The van der Waals surface area contributed by atoms with Crippen molar-refractivity contribution < 1.29 is 9.53 Å². The number of hydrogen-bond donors (Lipinski definition) is 1. The van der Waals surface area contributed by atoms with E-state index in [0.29, 0.717) is 0 Å². The average Bonchev–Trinajstić information content (AvgIpc) is 2.20. The highest BCUT2D eigenvalue weighted by atomic mass is 79.9. The fraction of sp³-hybridized carbons (Fsp3) is 0.533. The summed E-state index contributed by atoms with van der Waals surface area (Å²) in [6.45, 7) is 11.5. The van der Waals surface area contributed by atoms with Gasteiger partial charge in [0.25, 0.3) is 0 Å². The van der Waals surface area contributed by atoms with E-state index < -0.39 is 5.60 Å². The van der Waals surface area contributed by atoms with Crippen molar-refractivity contribution in [1.82, 2.24) is 0 Å². The van der Waals surface area contributed by atoms with E-state index in [1.165, 1.54) is 0 Å². The first-order chi connectivity index (χ1) is 8.60. The number of benzene rings is 1. The third-order valence-electron chi connectivity index (χ3n) is 2.62. The number of halogens is 1. The second-order valence-electron chi connectivity index (χ2n) is 5.81. The Bertz CT molecular complexity index is 455. The van der Waals surface area contributed by atoms with Crippen molar-refractivity contribution in [1.29, 1.82) is 0 Å². The van der Waals surface area contributed by atoms with Gasteiger partial charge in [0, 0.05) is 10.2 Å². The van der Waals surface area contributed by atoms with Crippen molar-refractivity contribution in [2.24, 2.45) is 0 Å². The SMILES string of the molecule is Cc1cc(Br)cc(C)c1NC(C)C(=O)OC(C)(C)C. The first-order valence-electron chi connectivity index (χ1n) is 6.36. The molecule has 0 aliphatic carbocycles. The molecule has 1 aromatic carbocycles. The van der Waals surface area contributed by atoms with E-state index in [2.05, 4.69) is 21.2 Å².